The SMILES string of the molecule is Cc1cccc(NC(=O)N2CCN(c3ccc(NC(=O)CN(C(=O)c4ccccc4Cl)C(C)C)cc3)CC2)c1. The highest BCUT2D eigenvalue weighted by Gasteiger charge is 2.24. The van der Waals surface area contributed by atoms with Crippen LogP contribution in [0.2, 0.25) is 5.02 Å². The van der Waals surface area contributed by atoms with Crippen LogP contribution in [0.15, 0.2) is 72.8 Å². The van der Waals surface area contributed by atoms with Crippen molar-refractivity contribution < 1.29 is 14.4 Å². The number of rotatable bonds is 7. The van der Waals surface area contributed by atoms with Gasteiger partial charge in [-0.25, -0.2) is 4.79 Å². The molecule has 1 saturated heterocycles. The van der Waals surface area contributed by atoms with Crippen molar-refractivity contribution in [3.8, 4) is 0 Å². The number of halogens is 1. The summed E-state index contributed by atoms with van der Waals surface area (Å²) in [6.45, 7) is 8.28. The van der Waals surface area contributed by atoms with E-state index in [0.717, 1.165) is 16.9 Å². The first-order chi connectivity index (χ1) is 18.7. The van der Waals surface area contributed by atoms with Crippen molar-refractivity contribution in [3.63, 3.8) is 0 Å². The molecule has 4 amide bonds. The van der Waals surface area contributed by atoms with Crippen LogP contribution in [0.4, 0.5) is 21.9 Å². The molecule has 2 N–H and O–H groups in total. The van der Waals surface area contributed by atoms with Crippen LogP contribution in [-0.2, 0) is 4.79 Å². The molecule has 3 aromatic carbocycles. The fourth-order valence-corrected chi connectivity index (χ4v) is 4.70. The van der Waals surface area contributed by atoms with Gasteiger partial charge in [-0.2, -0.15) is 0 Å². The summed E-state index contributed by atoms with van der Waals surface area (Å²) in [5.41, 5.74) is 3.93. The van der Waals surface area contributed by atoms with Crippen LogP contribution in [-0.4, -0.2) is 66.4 Å². The summed E-state index contributed by atoms with van der Waals surface area (Å²) in [4.78, 5) is 44.0. The van der Waals surface area contributed by atoms with Crippen LogP contribution in [0.5, 0.6) is 0 Å². The third kappa shape index (κ3) is 7.29. The standard InChI is InChI=1S/C30H34ClN5O3/c1-21(2)36(29(38)26-9-4-5-10-27(26)31)20-28(37)32-23-11-13-25(14-12-23)34-15-17-35(18-16-34)30(39)33-24-8-6-7-22(3)19-24/h4-14,19,21H,15-18,20H2,1-3H3,(H,32,37)(H,33,39). The van der Waals surface area contributed by atoms with Gasteiger partial charge in [0.05, 0.1) is 10.6 Å². The molecule has 4 rings (SSSR count). The number of amides is 4. The second-order valence-corrected chi connectivity index (χ2v) is 10.3. The molecule has 0 aliphatic carbocycles. The van der Waals surface area contributed by atoms with Crippen LogP contribution < -0.4 is 15.5 Å². The highest BCUT2D eigenvalue weighted by atomic mass is 35.5. The first-order valence-electron chi connectivity index (χ1n) is 13.0. The van der Waals surface area contributed by atoms with Crippen LogP contribution in [0, 0.1) is 6.92 Å². The van der Waals surface area contributed by atoms with Crippen molar-refractivity contribution in [1.29, 1.82) is 0 Å². The minimum absolute atomic E-state index is 0.0873. The van der Waals surface area contributed by atoms with Crippen molar-refractivity contribution >= 4 is 46.5 Å². The van der Waals surface area contributed by atoms with E-state index in [1.165, 1.54) is 4.90 Å². The molecule has 1 heterocycles. The number of piperazine rings is 1. The van der Waals surface area contributed by atoms with Gasteiger partial charge in [0.1, 0.15) is 6.54 Å². The second kappa shape index (κ2) is 12.7. The lowest BCUT2D eigenvalue weighted by molar-refractivity contribution is -0.117. The van der Waals surface area contributed by atoms with E-state index in [1.54, 1.807) is 24.3 Å². The molecule has 0 atom stereocenters. The quantitative estimate of drug-likeness (QED) is 0.409. The number of hydrogen-bond donors (Lipinski definition) is 2. The number of anilines is 3. The van der Waals surface area contributed by atoms with E-state index in [0.29, 0.717) is 42.5 Å². The van der Waals surface area contributed by atoms with Gasteiger partial charge >= 0.3 is 6.03 Å². The van der Waals surface area contributed by atoms with Gasteiger partial charge in [-0.05, 0) is 74.9 Å². The van der Waals surface area contributed by atoms with Crippen LogP contribution in [0.25, 0.3) is 0 Å². The normalized spacial score (nSPS) is 13.3. The average Bonchev–Trinajstić information content (AvgIpc) is 2.92. The first-order valence-corrected chi connectivity index (χ1v) is 13.4. The summed E-state index contributed by atoms with van der Waals surface area (Å²) in [5, 5.41) is 6.21. The van der Waals surface area contributed by atoms with Gasteiger partial charge in [0.2, 0.25) is 5.91 Å². The maximum Gasteiger partial charge on any atom is 0.321 e. The lowest BCUT2D eigenvalue weighted by Gasteiger charge is -2.36. The van der Waals surface area contributed by atoms with Gasteiger partial charge in [0.15, 0.2) is 0 Å². The summed E-state index contributed by atoms with van der Waals surface area (Å²) < 4.78 is 0. The number of aryl methyl sites for hydroxylation is 1. The van der Waals surface area contributed by atoms with Crippen molar-refractivity contribution in [3.05, 3.63) is 88.9 Å². The fraction of sp³-hybridized carbons (Fsp3) is 0.300. The Morgan fingerprint density at radius 3 is 2.21 bits per heavy atom. The van der Waals surface area contributed by atoms with Crippen molar-refractivity contribution in [2.24, 2.45) is 0 Å². The predicted octanol–water partition coefficient (Wildman–Crippen LogP) is 5.49. The van der Waals surface area contributed by atoms with Crippen LogP contribution >= 0.6 is 11.6 Å². The first kappa shape index (κ1) is 28.0. The number of carbonyl (C=O) groups is 3. The van der Waals surface area contributed by atoms with E-state index >= 15 is 0 Å². The lowest BCUT2D eigenvalue weighted by Crippen LogP contribution is -2.50. The van der Waals surface area contributed by atoms with Gasteiger partial charge in [-0.3, -0.25) is 9.59 Å². The number of hydrogen-bond acceptors (Lipinski definition) is 4. The summed E-state index contributed by atoms with van der Waals surface area (Å²) >= 11 is 6.20. The average molecular weight is 548 g/mol. The molecule has 1 aliphatic rings. The Morgan fingerprint density at radius 2 is 1.56 bits per heavy atom. The zero-order valence-electron chi connectivity index (χ0n) is 22.5. The molecule has 1 fully saturated rings. The minimum atomic E-state index is -0.287. The van der Waals surface area contributed by atoms with Crippen molar-refractivity contribution in [2.45, 2.75) is 26.8 Å². The van der Waals surface area contributed by atoms with Gasteiger partial charge in [0, 0.05) is 49.3 Å². The molecule has 0 spiro atoms. The monoisotopic (exact) mass is 547 g/mol. The van der Waals surface area contributed by atoms with Crippen molar-refractivity contribution in [1.82, 2.24) is 9.80 Å². The Hall–Kier alpha value is -4.04. The van der Waals surface area contributed by atoms with E-state index in [9.17, 15) is 14.4 Å². The molecule has 8 nitrogen and oxygen atoms in total. The molecule has 0 saturated carbocycles. The van der Waals surface area contributed by atoms with Gasteiger partial charge in [-0.15, -0.1) is 0 Å². The van der Waals surface area contributed by atoms with Gasteiger partial charge in [-0.1, -0.05) is 35.9 Å². The van der Waals surface area contributed by atoms with E-state index in [4.69, 9.17) is 11.6 Å². The molecule has 0 bridgehead atoms. The highest BCUT2D eigenvalue weighted by Crippen LogP contribution is 2.21. The van der Waals surface area contributed by atoms with E-state index in [-0.39, 0.29) is 30.4 Å². The van der Waals surface area contributed by atoms with Gasteiger partial charge in [0.25, 0.3) is 5.91 Å². The molecule has 1 aliphatic heterocycles. The Bertz CT molecular complexity index is 1320. The van der Waals surface area contributed by atoms with Crippen LogP contribution in [0.3, 0.4) is 0 Å². The second-order valence-electron chi connectivity index (χ2n) is 9.88. The minimum Gasteiger partial charge on any atom is -0.368 e. The smallest absolute Gasteiger partial charge is 0.321 e. The third-order valence-electron chi connectivity index (χ3n) is 6.65. The summed E-state index contributed by atoms with van der Waals surface area (Å²) in [7, 11) is 0. The summed E-state index contributed by atoms with van der Waals surface area (Å²) in [6.07, 6.45) is 0. The molecule has 204 valence electrons. The topological polar surface area (TPSA) is 85.0 Å². The number of urea groups is 1. The molecule has 9 heteroatoms. The Labute approximate surface area is 234 Å². The summed E-state index contributed by atoms with van der Waals surface area (Å²) in [6, 6.07) is 21.9. The summed E-state index contributed by atoms with van der Waals surface area (Å²) in [5.74, 6) is -0.571. The molecular weight excluding hydrogens is 514 g/mol. The molecule has 0 radical (unpaired) electrons. The Kier molecular flexibility index (Phi) is 9.09. The maximum atomic E-state index is 13.0. The van der Waals surface area contributed by atoms with Crippen LogP contribution in [0.1, 0.15) is 29.8 Å². The highest BCUT2D eigenvalue weighted by molar-refractivity contribution is 6.33. The fourth-order valence-electron chi connectivity index (χ4n) is 4.48. The van der Waals surface area contributed by atoms with Gasteiger partial charge < -0.3 is 25.3 Å². The molecule has 39 heavy (non-hydrogen) atoms. The van der Waals surface area contributed by atoms with Crippen molar-refractivity contribution in [2.75, 3.05) is 48.3 Å². The number of nitrogens with one attached hydrogen (secondary N) is 2. The zero-order chi connectivity index (χ0) is 27.9. The maximum absolute atomic E-state index is 13.0. The Balaban J connectivity index is 1.29. The molecule has 0 aromatic heterocycles. The Morgan fingerprint density at radius 1 is 0.872 bits per heavy atom. The zero-order valence-corrected chi connectivity index (χ0v) is 23.2. The molecule has 0 unspecified atom stereocenters. The molecular formula is C30H34ClN5O3. The lowest BCUT2D eigenvalue weighted by atomic mass is 10.1. The number of benzene rings is 3. The van der Waals surface area contributed by atoms with E-state index in [2.05, 4.69) is 15.5 Å². The van der Waals surface area contributed by atoms with E-state index < -0.39 is 0 Å². The third-order valence-corrected chi connectivity index (χ3v) is 6.98. The molecule has 3 aromatic rings. The predicted molar refractivity (Wildman–Crippen MR) is 157 cm³/mol. The number of carbonyl (C=O) groups excluding carboxylic acids is 3. The number of nitrogens with zero attached hydrogens (tertiary/aromatic N) is 3. The largest absolute Gasteiger partial charge is 0.368 e. The van der Waals surface area contributed by atoms with E-state index in [1.807, 2.05) is 74.2 Å².